The minimum absolute atomic E-state index is 0.360. The predicted molar refractivity (Wildman–Crippen MR) is 76.9 cm³/mol. The van der Waals surface area contributed by atoms with Crippen molar-refractivity contribution in [1.29, 1.82) is 0 Å². The van der Waals surface area contributed by atoms with Crippen LogP contribution < -0.4 is 5.32 Å². The van der Waals surface area contributed by atoms with Crippen molar-refractivity contribution in [2.45, 2.75) is 32.7 Å². The van der Waals surface area contributed by atoms with Crippen molar-refractivity contribution in [3.8, 4) is 0 Å². The van der Waals surface area contributed by atoms with Crippen LogP contribution in [0.25, 0.3) is 0 Å². The summed E-state index contributed by atoms with van der Waals surface area (Å²) < 4.78 is 1.85. The molecule has 102 valence electrons. The Balaban J connectivity index is 2.06. The molecule has 0 spiro atoms. The minimum atomic E-state index is 0.360. The molecule has 19 heavy (non-hydrogen) atoms. The highest BCUT2D eigenvalue weighted by Crippen LogP contribution is 2.21. The minimum Gasteiger partial charge on any atom is -0.310 e. The SMILES string of the molecule is CCNC(CCc1cnn(C)c1)c1cnccc1C. The van der Waals surface area contributed by atoms with Gasteiger partial charge in [-0.15, -0.1) is 0 Å². The molecule has 2 rings (SSSR count). The van der Waals surface area contributed by atoms with E-state index in [0.717, 1.165) is 19.4 Å². The monoisotopic (exact) mass is 258 g/mol. The summed E-state index contributed by atoms with van der Waals surface area (Å²) >= 11 is 0. The number of nitrogens with one attached hydrogen (secondary N) is 1. The first-order valence-corrected chi connectivity index (χ1v) is 6.82. The standard InChI is InChI=1S/C15H22N4/c1-4-17-15(14-10-16-8-7-12(14)2)6-5-13-9-18-19(3)11-13/h7-11,15,17H,4-6H2,1-3H3. The maximum absolute atomic E-state index is 4.25. The van der Waals surface area contributed by atoms with Gasteiger partial charge in [0.15, 0.2) is 0 Å². The lowest BCUT2D eigenvalue weighted by atomic mass is 9.98. The molecule has 0 radical (unpaired) electrons. The van der Waals surface area contributed by atoms with E-state index in [9.17, 15) is 0 Å². The van der Waals surface area contributed by atoms with Crippen molar-refractivity contribution in [1.82, 2.24) is 20.1 Å². The Morgan fingerprint density at radius 3 is 2.84 bits per heavy atom. The fourth-order valence-corrected chi connectivity index (χ4v) is 2.37. The van der Waals surface area contributed by atoms with E-state index in [0.29, 0.717) is 6.04 Å². The highest BCUT2D eigenvalue weighted by Gasteiger charge is 2.13. The molecule has 0 aromatic carbocycles. The van der Waals surface area contributed by atoms with Gasteiger partial charge in [0.05, 0.1) is 6.20 Å². The third-order valence-electron chi connectivity index (χ3n) is 3.39. The van der Waals surface area contributed by atoms with Crippen molar-refractivity contribution in [3.63, 3.8) is 0 Å². The highest BCUT2D eigenvalue weighted by molar-refractivity contribution is 5.25. The highest BCUT2D eigenvalue weighted by atomic mass is 15.2. The van der Waals surface area contributed by atoms with Crippen LogP contribution in [0.3, 0.4) is 0 Å². The van der Waals surface area contributed by atoms with Gasteiger partial charge in [-0.05, 0) is 49.1 Å². The van der Waals surface area contributed by atoms with Crippen LogP contribution in [-0.2, 0) is 13.5 Å². The Morgan fingerprint density at radius 1 is 1.37 bits per heavy atom. The van der Waals surface area contributed by atoms with Gasteiger partial charge >= 0.3 is 0 Å². The molecule has 0 aliphatic heterocycles. The van der Waals surface area contributed by atoms with Gasteiger partial charge in [0.2, 0.25) is 0 Å². The molecule has 1 N–H and O–H groups in total. The van der Waals surface area contributed by atoms with Gasteiger partial charge in [-0.2, -0.15) is 5.10 Å². The van der Waals surface area contributed by atoms with Crippen LogP contribution in [0.1, 0.15) is 36.1 Å². The summed E-state index contributed by atoms with van der Waals surface area (Å²) in [5.74, 6) is 0. The van der Waals surface area contributed by atoms with Crippen LogP contribution in [0.15, 0.2) is 30.9 Å². The van der Waals surface area contributed by atoms with Crippen LogP contribution >= 0.6 is 0 Å². The molecule has 0 aliphatic rings. The van der Waals surface area contributed by atoms with Crippen molar-refractivity contribution in [2.75, 3.05) is 6.54 Å². The summed E-state index contributed by atoms with van der Waals surface area (Å²) in [5.41, 5.74) is 3.88. The van der Waals surface area contributed by atoms with Gasteiger partial charge in [-0.25, -0.2) is 0 Å². The topological polar surface area (TPSA) is 42.7 Å². The quantitative estimate of drug-likeness (QED) is 0.865. The smallest absolute Gasteiger partial charge is 0.0521 e. The fourth-order valence-electron chi connectivity index (χ4n) is 2.37. The lowest BCUT2D eigenvalue weighted by molar-refractivity contribution is 0.512. The number of nitrogens with zero attached hydrogens (tertiary/aromatic N) is 3. The third-order valence-corrected chi connectivity index (χ3v) is 3.39. The predicted octanol–water partition coefficient (Wildman–Crippen LogP) is 2.41. The first-order chi connectivity index (χ1) is 9.20. The lowest BCUT2D eigenvalue weighted by Gasteiger charge is -2.19. The van der Waals surface area contributed by atoms with E-state index in [4.69, 9.17) is 0 Å². The van der Waals surface area contributed by atoms with Crippen molar-refractivity contribution in [3.05, 3.63) is 47.5 Å². The van der Waals surface area contributed by atoms with E-state index in [1.165, 1.54) is 16.7 Å². The Labute approximate surface area is 114 Å². The molecule has 2 aromatic heterocycles. The summed E-state index contributed by atoms with van der Waals surface area (Å²) in [6.07, 6.45) is 9.94. The number of hydrogen-bond donors (Lipinski definition) is 1. The van der Waals surface area contributed by atoms with Gasteiger partial charge < -0.3 is 5.32 Å². The molecule has 2 aromatic rings. The Bertz CT molecular complexity index is 518. The van der Waals surface area contributed by atoms with Gasteiger partial charge in [0.25, 0.3) is 0 Å². The first-order valence-electron chi connectivity index (χ1n) is 6.82. The van der Waals surface area contributed by atoms with Crippen molar-refractivity contribution < 1.29 is 0 Å². The Morgan fingerprint density at radius 2 is 2.21 bits per heavy atom. The molecular weight excluding hydrogens is 236 g/mol. The second-order valence-corrected chi connectivity index (χ2v) is 4.90. The molecule has 2 heterocycles. The van der Waals surface area contributed by atoms with Gasteiger partial charge in [0, 0.05) is 31.7 Å². The lowest BCUT2D eigenvalue weighted by Crippen LogP contribution is -2.22. The molecule has 1 unspecified atom stereocenters. The van der Waals surface area contributed by atoms with E-state index < -0.39 is 0 Å². The van der Waals surface area contributed by atoms with E-state index in [-0.39, 0.29) is 0 Å². The van der Waals surface area contributed by atoms with E-state index in [1.807, 2.05) is 30.3 Å². The molecule has 4 heteroatoms. The number of pyridine rings is 1. The molecule has 1 atom stereocenters. The second-order valence-electron chi connectivity index (χ2n) is 4.90. The third kappa shape index (κ3) is 3.64. The maximum Gasteiger partial charge on any atom is 0.0521 e. The van der Waals surface area contributed by atoms with Crippen LogP contribution in [0.2, 0.25) is 0 Å². The summed E-state index contributed by atoms with van der Waals surface area (Å²) in [7, 11) is 1.95. The summed E-state index contributed by atoms with van der Waals surface area (Å²) in [6.45, 7) is 5.25. The maximum atomic E-state index is 4.25. The molecule has 4 nitrogen and oxygen atoms in total. The summed E-state index contributed by atoms with van der Waals surface area (Å²) in [5, 5.41) is 7.76. The van der Waals surface area contributed by atoms with Crippen LogP contribution in [-0.4, -0.2) is 21.3 Å². The Hall–Kier alpha value is -1.68. The van der Waals surface area contributed by atoms with Gasteiger partial charge in [0.1, 0.15) is 0 Å². The van der Waals surface area contributed by atoms with Crippen molar-refractivity contribution >= 4 is 0 Å². The number of aromatic nitrogens is 3. The average molecular weight is 258 g/mol. The number of hydrogen-bond acceptors (Lipinski definition) is 3. The zero-order valence-electron chi connectivity index (χ0n) is 11.9. The second kappa shape index (κ2) is 6.48. The zero-order valence-corrected chi connectivity index (χ0v) is 11.9. The molecule has 0 amide bonds. The molecule has 0 saturated heterocycles. The molecule has 0 aliphatic carbocycles. The fraction of sp³-hybridized carbons (Fsp3) is 0.467. The van der Waals surface area contributed by atoms with Crippen LogP contribution in [0, 0.1) is 6.92 Å². The van der Waals surface area contributed by atoms with E-state index >= 15 is 0 Å². The molecular formula is C15H22N4. The number of aryl methyl sites for hydroxylation is 3. The summed E-state index contributed by atoms with van der Waals surface area (Å²) in [6, 6.07) is 2.43. The van der Waals surface area contributed by atoms with E-state index in [1.54, 1.807) is 0 Å². The van der Waals surface area contributed by atoms with Crippen molar-refractivity contribution in [2.24, 2.45) is 7.05 Å². The normalized spacial score (nSPS) is 12.6. The van der Waals surface area contributed by atoms with Gasteiger partial charge in [-0.1, -0.05) is 6.92 Å². The Kier molecular flexibility index (Phi) is 4.68. The van der Waals surface area contributed by atoms with Crippen LogP contribution in [0.5, 0.6) is 0 Å². The summed E-state index contributed by atoms with van der Waals surface area (Å²) in [4.78, 5) is 4.25. The molecule has 0 bridgehead atoms. The molecule has 0 saturated carbocycles. The van der Waals surface area contributed by atoms with Crippen LogP contribution in [0.4, 0.5) is 0 Å². The van der Waals surface area contributed by atoms with E-state index in [2.05, 4.69) is 41.5 Å². The van der Waals surface area contributed by atoms with Gasteiger partial charge in [-0.3, -0.25) is 9.67 Å². The largest absolute Gasteiger partial charge is 0.310 e. The average Bonchev–Trinajstić information content (AvgIpc) is 2.81. The molecule has 0 fully saturated rings. The number of rotatable bonds is 6. The first kappa shape index (κ1) is 13.7. The zero-order chi connectivity index (χ0) is 13.7.